The van der Waals surface area contributed by atoms with E-state index in [1.807, 2.05) is 111 Å². The summed E-state index contributed by atoms with van der Waals surface area (Å²) in [5, 5.41) is 18.6. The summed E-state index contributed by atoms with van der Waals surface area (Å²) in [5.41, 5.74) is 8.81. The smallest absolute Gasteiger partial charge is 0.129 e. The Morgan fingerprint density at radius 3 is 0.889 bits per heavy atom. The number of halogens is 5. The van der Waals surface area contributed by atoms with E-state index in [1.54, 1.807) is 13.0 Å². The van der Waals surface area contributed by atoms with Gasteiger partial charge in [-0.05, 0) is 280 Å². The van der Waals surface area contributed by atoms with E-state index < -0.39 is 0 Å². The van der Waals surface area contributed by atoms with Gasteiger partial charge < -0.3 is 50.3 Å². The van der Waals surface area contributed by atoms with Gasteiger partial charge in [0, 0.05) is 64.4 Å². The topological polar surface area (TPSA) is 106 Å². The molecule has 0 radical (unpaired) electrons. The van der Waals surface area contributed by atoms with Crippen LogP contribution in [-0.2, 0) is 0 Å². The zero-order valence-corrected chi connectivity index (χ0v) is 67.9. The number of nitrogens with one attached hydrogen (secondary N) is 5. The maximum Gasteiger partial charge on any atom is 0.129 e. The SMILES string of the molecule is Brc1ccc(OC(c2ccccc2)C2CCNCC2)cc1.Cc1c(Cl)cccc1OC(c1ccccc1)C1CCNCC1.Cc1c(Cl)cccc1OC(c1ccccc1)C1CCNCC1.Cc1c(F)cccc1OC(c1ccccc1)C1CCNCC1.Ic1cccc(OC(c2ccccc2)C2CCNCC2)c1. The highest BCUT2D eigenvalue weighted by molar-refractivity contribution is 14.1. The highest BCUT2D eigenvalue weighted by Crippen LogP contribution is 2.41. The lowest BCUT2D eigenvalue weighted by molar-refractivity contribution is 0.111. The quantitative estimate of drug-likeness (QED) is 0.0474. The molecule has 5 heterocycles. The van der Waals surface area contributed by atoms with Crippen molar-refractivity contribution in [1.82, 2.24) is 26.6 Å². The largest absolute Gasteiger partial charge is 0.485 e. The van der Waals surface area contributed by atoms with Crippen molar-refractivity contribution in [3.63, 3.8) is 0 Å². The number of rotatable bonds is 20. The Kier molecular flexibility index (Phi) is 33.2. The van der Waals surface area contributed by atoms with E-state index in [4.69, 9.17) is 46.9 Å². The first kappa shape index (κ1) is 81.7. The van der Waals surface area contributed by atoms with E-state index in [-0.39, 0.29) is 36.3 Å². The first-order valence-electron chi connectivity index (χ1n) is 38.8. The van der Waals surface area contributed by atoms with Crippen LogP contribution in [-0.4, -0.2) is 65.4 Å². The molecule has 10 aromatic rings. The van der Waals surface area contributed by atoms with Gasteiger partial charge in [-0.3, -0.25) is 0 Å². The van der Waals surface area contributed by atoms with Gasteiger partial charge in [0.2, 0.25) is 0 Å². The number of hydrogen-bond donors (Lipinski definition) is 5. The van der Waals surface area contributed by atoms with Crippen molar-refractivity contribution in [3.05, 3.63) is 323 Å². The molecule has 15 heteroatoms. The molecule has 0 aromatic heterocycles. The monoisotopic (exact) mass is 1670 g/mol. The lowest BCUT2D eigenvalue weighted by Gasteiger charge is -2.32. The number of hydrogen-bond acceptors (Lipinski definition) is 10. The van der Waals surface area contributed by atoms with Gasteiger partial charge >= 0.3 is 0 Å². The van der Waals surface area contributed by atoms with Crippen LogP contribution in [0.15, 0.2) is 259 Å². The van der Waals surface area contributed by atoms with Crippen LogP contribution in [0.5, 0.6) is 28.7 Å². The van der Waals surface area contributed by atoms with E-state index in [9.17, 15) is 4.39 Å². The molecule has 5 saturated heterocycles. The second kappa shape index (κ2) is 43.9. The lowest BCUT2D eigenvalue weighted by atomic mass is 9.88. The van der Waals surface area contributed by atoms with Crippen molar-refractivity contribution in [2.45, 2.75) is 115 Å². The van der Waals surface area contributed by atoms with Crippen molar-refractivity contribution >= 4 is 61.7 Å². The van der Waals surface area contributed by atoms with Crippen LogP contribution in [0.3, 0.4) is 0 Å². The van der Waals surface area contributed by atoms with Crippen LogP contribution in [0.25, 0.3) is 0 Å². The Bertz CT molecular complexity index is 3950. The number of benzene rings is 10. The fraction of sp³-hybridized carbons (Fsp3) is 0.355. The van der Waals surface area contributed by atoms with E-state index in [0.717, 1.165) is 171 Å². The minimum atomic E-state index is -0.213. The Balaban J connectivity index is 0.000000134. The van der Waals surface area contributed by atoms with Gasteiger partial charge in [-0.1, -0.05) is 215 Å². The molecule has 10 nitrogen and oxygen atoms in total. The van der Waals surface area contributed by atoms with E-state index >= 15 is 0 Å². The van der Waals surface area contributed by atoms with Gasteiger partial charge in [0.15, 0.2) is 0 Å². The summed E-state index contributed by atoms with van der Waals surface area (Å²) in [7, 11) is 0. The molecule has 0 amide bonds. The van der Waals surface area contributed by atoms with Gasteiger partial charge in [-0.2, -0.15) is 0 Å². The van der Waals surface area contributed by atoms with Crippen molar-refractivity contribution < 1.29 is 28.1 Å². The summed E-state index contributed by atoms with van der Waals surface area (Å²) in [4.78, 5) is 0. The van der Waals surface area contributed by atoms with Crippen molar-refractivity contribution in [2.75, 3.05) is 65.4 Å². The van der Waals surface area contributed by atoms with Gasteiger partial charge in [-0.15, -0.1) is 0 Å². The molecule has 0 spiro atoms. The molecule has 10 aromatic carbocycles. The highest BCUT2D eigenvalue weighted by atomic mass is 127. The maximum atomic E-state index is 13.8. The predicted molar refractivity (Wildman–Crippen MR) is 454 cm³/mol. The van der Waals surface area contributed by atoms with Crippen LogP contribution in [0.1, 0.15) is 139 Å². The molecule has 0 saturated carbocycles. The summed E-state index contributed by atoms with van der Waals surface area (Å²) in [6.07, 6.45) is 11.8. The average molecular weight is 1670 g/mol. The maximum absolute atomic E-state index is 13.8. The molecule has 568 valence electrons. The van der Waals surface area contributed by atoms with Crippen LogP contribution in [0, 0.1) is 59.7 Å². The Morgan fingerprint density at radius 2 is 0.583 bits per heavy atom. The zero-order valence-electron chi connectivity index (χ0n) is 62.6. The Morgan fingerprint density at radius 1 is 0.315 bits per heavy atom. The van der Waals surface area contributed by atoms with Gasteiger partial charge in [0.1, 0.15) is 65.1 Å². The Labute approximate surface area is 673 Å². The molecule has 15 rings (SSSR count). The minimum Gasteiger partial charge on any atom is -0.485 e. The third-order valence-electron chi connectivity index (χ3n) is 21.3. The molecule has 0 bridgehead atoms. The molecular weight excluding hydrogens is 1560 g/mol. The summed E-state index contributed by atoms with van der Waals surface area (Å²) >= 11 is 18.3. The summed E-state index contributed by atoms with van der Waals surface area (Å²) in [5.74, 6) is 6.76. The first-order valence-corrected chi connectivity index (χ1v) is 41.4. The van der Waals surface area contributed by atoms with E-state index in [2.05, 4.69) is 211 Å². The molecule has 5 unspecified atom stereocenters. The molecule has 5 fully saturated rings. The standard InChI is InChI=1S/2C19H22ClNO.C19H22FNO.C18H20BrNO.C18H20INO/c3*1-14-17(20)8-5-9-18(14)22-19(15-6-3-2-4-7-15)16-10-12-21-13-11-16;19-16-6-8-17(9-7-16)21-18(14-4-2-1-3-5-14)15-10-12-20-13-11-15;19-16-7-4-8-17(13-16)21-18(14-5-2-1-3-6-14)15-9-11-20-12-10-15/h3*2-9,16,19,21H,10-13H2,1H3;1-9,15,18,20H,10-13H2;1-8,13,15,18,20H,9-12H2. The van der Waals surface area contributed by atoms with Gasteiger partial charge in [0.25, 0.3) is 0 Å². The van der Waals surface area contributed by atoms with Crippen LogP contribution in [0.4, 0.5) is 4.39 Å². The van der Waals surface area contributed by atoms with E-state index in [1.165, 1.54) is 44.7 Å². The fourth-order valence-corrected chi connectivity index (χ4v) is 16.1. The summed E-state index contributed by atoms with van der Waals surface area (Å²) in [6, 6.07) is 85.8. The lowest BCUT2D eigenvalue weighted by Crippen LogP contribution is -2.32. The molecule has 5 aliphatic rings. The second-order valence-electron chi connectivity index (χ2n) is 28.7. The van der Waals surface area contributed by atoms with Crippen molar-refractivity contribution in [2.24, 2.45) is 29.6 Å². The first-order chi connectivity index (χ1) is 52.9. The fourth-order valence-electron chi connectivity index (χ4n) is 15.0. The van der Waals surface area contributed by atoms with Crippen molar-refractivity contribution in [3.8, 4) is 28.7 Å². The van der Waals surface area contributed by atoms with Gasteiger partial charge in [-0.25, -0.2) is 4.39 Å². The molecule has 0 aliphatic carbocycles. The van der Waals surface area contributed by atoms with Crippen molar-refractivity contribution in [1.29, 1.82) is 0 Å². The highest BCUT2D eigenvalue weighted by Gasteiger charge is 2.32. The van der Waals surface area contributed by atoms with Crippen LogP contribution >= 0.6 is 61.7 Å². The number of piperidine rings is 5. The molecule has 5 aliphatic heterocycles. The third kappa shape index (κ3) is 24.9. The van der Waals surface area contributed by atoms with Gasteiger partial charge in [0.05, 0.1) is 0 Å². The average Bonchev–Trinajstić information content (AvgIpc) is 0.561. The molecule has 108 heavy (non-hydrogen) atoms. The summed E-state index contributed by atoms with van der Waals surface area (Å²) < 4.78 is 48.0. The predicted octanol–water partition coefficient (Wildman–Crippen LogP) is 22.8. The second-order valence-corrected chi connectivity index (χ2v) is 31.7. The summed E-state index contributed by atoms with van der Waals surface area (Å²) in [6.45, 7) is 16.4. The minimum absolute atomic E-state index is 0.0243. The van der Waals surface area contributed by atoms with E-state index in [0.29, 0.717) is 40.9 Å². The molecular formula is C93H106BrCl2FIN5O5. The van der Waals surface area contributed by atoms with Crippen LogP contribution < -0.4 is 50.3 Å². The molecule has 5 atom stereocenters. The zero-order chi connectivity index (χ0) is 75.1. The third-order valence-corrected chi connectivity index (χ3v) is 23.3. The number of ether oxygens (including phenoxy) is 5. The van der Waals surface area contributed by atoms with Crippen LogP contribution in [0.2, 0.25) is 10.0 Å². The Hall–Kier alpha value is -7.28. The molecule has 5 N–H and O–H groups in total. The normalized spacial score (nSPS) is 17.3.